The zero-order valence-corrected chi connectivity index (χ0v) is 16.2. The van der Waals surface area contributed by atoms with E-state index in [1.54, 1.807) is 28.8 Å². The van der Waals surface area contributed by atoms with Gasteiger partial charge in [0.1, 0.15) is 0 Å². The fourth-order valence-corrected chi connectivity index (χ4v) is 3.00. The summed E-state index contributed by atoms with van der Waals surface area (Å²) >= 11 is 0. The summed E-state index contributed by atoms with van der Waals surface area (Å²) in [5, 5.41) is 27.5. The second-order valence-corrected chi connectivity index (χ2v) is 6.67. The molecule has 0 amide bonds. The highest BCUT2D eigenvalue weighted by Gasteiger charge is 2.35. The topological polar surface area (TPSA) is 122 Å². The number of aromatic nitrogens is 2. The zero-order valence-electron chi connectivity index (χ0n) is 16.2. The number of rotatable bonds is 7. The number of halogens is 2. The number of benzene rings is 2. The highest BCUT2D eigenvalue weighted by Crippen LogP contribution is 2.20. The molecular formula is C20H17BF2N2O6. The predicted molar refractivity (Wildman–Crippen MR) is 108 cm³/mol. The lowest BCUT2D eigenvalue weighted by Crippen LogP contribution is -2.32. The van der Waals surface area contributed by atoms with Crippen LogP contribution in [0.2, 0.25) is 0 Å². The molecule has 31 heavy (non-hydrogen) atoms. The molecule has 0 atom stereocenters. The van der Waals surface area contributed by atoms with Crippen molar-refractivity contribution in [1.29, 1.82) is 0 Å². The lowest BCUT2D eigenvalue weighted by Gasteiger charge is -2.11. The molecule has 0 aliphatic rings. The Bertz CT molecular complexity index is 1180. The number of carbonyl (C=O) groups is 2. The van der Waals surface area contributed by atoms with Crippen LogP contribution in [-0.2, 0) is 16.1 Å². The van der Waals surface area contributed by atoms with Gasteiger partial charge < -0.3 is 24.5 Å². The number of alkyl halides is 2. The molecule has 0 radical (unpaired) electrons. The van der Waals surface area contributed by atoms with Crippen LogP contribution in [0, 0.1) is 0 Å². The van der Waals surface area contributed by atoms with E-state index in [9.17, 15) is 28.4 Å². The van der Waals surface area contributed by atoms with E-state index in [0.29, 0.717) is 22.2 Å². The van der Waals surface area contributed by atoms with Crippen molar-refractivity contribution in [3.63, 3.8) is 0 Å². The maximum atomic E-state index is 13.4. The van der Waals surface area contributed by atoms with Crippen molar-refractivity contribution in [2.24, 2.45) is 0 Å². The average Bonchev–Trinajstić information content (AvgIpc) is 3.13. The minimum Gasteiger partial charge on any atom is -0.477 e. The lowest BCUT2D eigenvalue weighted by molar-refractivity contribution is -0.157. The first-order valence-electron chi connectivity index (χ1n) is 8.95. The van der Waals surface area contributed by atoms with Gasteiger partial charge in [0, 0.05) is 6.54 Å². The molecule has 160 valence electrons. The van der Waals surface area contributed by atoms with Crippen molar-refractivity contribution >= 4 is 41.6 Å². The normalized spacial score (nSPS) is 11.8. The molecule has 3 N–H and O–H groups in total. The van der Waals surface area contributed by atoms with Gasteiger partial charge in [-0.3, -0.25) is 0 Å². The van der Waals surface area contributed by atoms with Gasteiger partial charge in [0.2, 0.25) is 0 Å². The van der Waals surface area contributed by atoms with E-state index >= 15 is 0 Å². The van der Waals surface area contributed by atoms with Crippen LogP contribution in [0.1, 0.15) is 21.5 Å². The first kappa shape index (κ1) is 22.1. The third kappa shape index (κ3) is 4.78. The van der Waals surface area contributed by atoms with Gasteiger partial charge in [-0.25, -0.2) is 14.6 Å². The average molecular weight is 430 g/mol. The molecular weight excluding hydrogens is 413 g/mol. The van der Waals surface area contributed by atoms with E-state index < -0.39 is 25.0 Å². The first-order chi connectivity index (χ1) is 14.6. The fraction of sp³-hybridized carbons (Fsp3) is 0.150. The lowest BCUT2D eigenvalue weighted by atomic mass is 9.76. The molecule has 11 heteroatoms. The third-order valence-corrected chi connectivity index (χ3v) is 4.58. The van der Waals surface area contributed by atoms with Gasteiger partial charge in [-0.2, -0.15) is 8.78 Å². The second-order valence-electron chi connectivity index (χ2n) is 6.67. The van der Waals surface area contributed by atoms with E-state index in [0.717, 1.165) is 6.08 Å². The van der Waals surface area contributed by atoms with E-state index in [1.807, 2.05) is 0 Å². The summed E-state index contributed by atoms with van der Waals surface area (Å²) in [5.74, 6) is -6.92. The maximum Gasteiger partial charge on any atom is 0.489 e. The van der Waals surface area contributed by atoms with Crippen LogP contribution >= 0.6 is 0 Å². The van der Waals surface area contributed by atoms with Gasteiger partial charge in [0.15, 0.2) is 0 Å². The third-order valence-electron chi connectivity index (χ3n) is 4.58. The Labute approximate surface area is 175 Å². The van der Waals surface area contributed by atoms with Crippen LogP contribution in [0.15, 0.2) is 48.8 Å². The van der Waals surface area contributed by atoms with Crippen molar-refractivity contribution in [2.45, 2.75) is 12.5 Å². The summed E-state index contributed by atoms with van der Waals surface area (Å²) in [6.45, 7) is 0.256. The van der Waals surface area contributed by atoms with Gasteiger partial charge >= 0.3 is 25.0 Å². The minimum atomic E-state index is -4.11. The van der Waals surface area contributed by atoms with Crippen LogP contribution in [0.4, 0.5) is 8.78 Å². The molecule has 3 aromatic rings. The van der Waals surface area contributed by atoms with Gasteiger partial charge in [0.05, 0.1) is 30.0 Å². The van der Waals surface area contributed by atoms with Gasteiger partial charge in [0.25, 0.3) is 0 Å². The van der Waals surface area contributed by atoms with Crippen molar-refractivity contribution in [2.75, 3.05) is 7.11 Å². The van der Waals surface area contributed by atoms with E-state index in [2.05, 4.69) is 9.72 Å². The summed E-state index contributed by atoms with van der Waals surface area (Å²) < 4.78 is 33.2. The van der Waals surface area contributed by atoms with Gasteiger partial charge in [-0.15, -0.1) is 0 Å². The van der Waals surface area contributed by atoms with Crippen molar-refractivity contribution in [1.82, 2.24) is 9.55 Å². The molecule has 0 spiro atoms. The summed E-state index contributed by atoms with van der Waals surface area (Å²) in [4.78, 5) is 26.5. The Kier molecular flexibility index (Phi) is 6.18. The fourth-order valence-electron chi connectivity index (χ4n) is 3.00. The van der Waals surface area contributed by atoms with E-state index in [4.69, 9.17) is 5.11 Å². The molecule has 1 heterocycles. The summed E-state index contributed by atoms with van der Waals surface area (Å²) in [6, 6.07) is 9.22. The van der Waals surface area contributed by atoms with Crippen LogP contribution in [0.5, 0.6) is 0 Å². The number of ether oxygens (including phenoxy) is 1. The number of aliphatic carboxylic acids is 1. The van der Waals surface area contributed by atoms with Crippen LogP contribution in [0.3, 0.4) is 0 Å². The predicted octanol–water partition coefficient (Wildman–Crippen LogP) is 1.28. The maximum absolute atomic E-state index is 13.4. The number of imidazole rings is 1. The molecule has 0 fully saturated rings. The second kappa shape index (κ2) is 8.66. The van der Waals surface area contributed by atoms with E-state index in [1.165, 1.54) is 25.6 Å². The number of fused-ring (bicyclic) bond motifs is 1. The number of carboxylic acids is 1. The number of methoxy groups -OCH3 is 1. The number of carboxylic acid groups (broad SMARTS) is 1. The molecule has 3 rings (SSSR count). The molecule has 8 nitrogen and oxygen atoms in total. The van der Waals surface area contributed by atoms with E-state index in [-0.39, 0.29) is 23.6 Å². The number of carbonyl (C=O) groups excluding carboxylic acids is 1. The van der Waals surface area contributed by atoms with Crippen molar-refractivity contribution in [3.8, 4) is 0 Å². The molecule has 0 aliphatic carbocycles. The quantitative estimate of drug-likeness (QED) is 0.382. The summed E-state index contributed by atoms with van der Waals surface area (Å²) in [7, 11) is -0.658. The molecule has 0 saturated carbocycles. The molecule has 0 aliphatic heterocycles. The van der Waals surface area contributed by atoms with Crippen molar-refractivity contribution in [3.05, 3.63) is 65.5 Å². The van der Waals surface area contributed by atoms with Crippen LogP contribution in [-0.4, -0.2) is 56.8 Å². The van der Waals surface area contributed by atoms with Crippen LogP contribution < -0.4 is 5.46 Å². The van der Waals surface area contributed by atoms with Gasteiger partial charge in [-0.1, -0.05) is 24.3 Å². The number of esters is 1. The van der Waals surface area contributed by atoms with Gasteiger partial charge in [-0.05, 0) is 40.9 Å². The monoisotopic (exact) mass is 430 g/mol. The Hall–Kier alpha value is -3.57. The highest BCUT2D eigenvalue weighted by atomic mass is 19.3. The smallest absolute Gasteiger partial charge is 0.477 e. The molecule has 0 saturated heterocycles. The Morgan fingerprint density at radius 2 is 1.97 bits per heavy atom. The molecule has 2 aromatic carbocycles. The standard InChI is InChI=1S/C20H17BF2N2O6/c1-31-18(26)14-3-5-17-16(9-14)24-11-25(17)10-12-2-4-15(21(29)30)13(8-12)6-7-20(22,23)19(27)28/h2-9,11,29-30H,10H2,1H3,(H,27,28)/b7-6+. The first-order valence-corrected chi connectivity index (χ1v) is 8.95. The van der Waals surface area contributed by atoms with Crippen LogP contribution in [0.25, 0.3) is 17.1 Å². The SMILES string of the molecule is COC(=O)c1ccc2c(c1)ncn2Cc1ccc(B(O)O)c(/C=C/C(F)(F)C(=O)O)c1. The Morgan fingerprint density at radius 3 is 2.61 bits per heavy atom. The molecule has 1 aromatic heterocycles. The number of hydrogen-bond acceptors (Lipinski definition) is 6. The largest absolute Gasteiger partial charge is 0.489 e. The summed E-state index contributed by atoms with van der Waals surface area (Å²) in [6.07, 6.45) is 2.55. The van der Waals surface area contributed by atoms with Crippen molar-refractivity contribution < 1.29 is 38.3 Å². The summed E-state index contributed by atoms with van der Waals surface area (Å²) in [5.41, 5.74) is 2.18. The Morgan fingerprint density at radius 1 is 1.23 bits per heavy atom. The zero-order chi connectivity index (χ0) is 22.8. The highest BCUT2D eigenvalue weighted by molar-refractivity contribution is 6.59. The Balaban J connectivity index is 1.94. The molecule has 0 bridgehead atoms. The minimum absolute atomic E-state index is 0.0332. The molecule has 0 unspecified atom stereocenters. The number of nitrogens with zero attached hydrogens (tertiary/aromatic N) is 2. The number of hydrogen-bond donors (Lipinski definition) is 3.